The molecule has 0 atom stereocenters. The van der Waals surface area contributed by atoms with Crippen LogP contribution >= 0.6 is 0 Å². The third-order valence-electron chi connectivity index (χ3n) is 1.91. The fourth-order valence-corrected chi connectivity index (χ4v) is 1.16. The Kier molecular flexibility index (Phi) is 3.93. The Hall–Kier alpha value is -2.23. The summed E-state index contributed by atoms with van der Waals surface area (Å²) in [6.07, 6.45) is -3.01. The van der Waals surface area contributed by atoms with Gasteiger partial charge in [0.15, 0.2) is 0 Å². The minimum Gasteiger partial charge on any atom is -0.461 e. The van der Waals surface area contributed by atoms with Crippen molar-refractivity contribution in [2.75, 3.05) is 6.61 Å². The highest BCUT2D eigenvalue weighted by Gasteiger charge is 2.20. The van der Waals surface area contributed by atoms with Gasteiger partial charge in [0.1, 0.15) is 11.8 Å². The van der Waals surface area contributed by atoms with Crippen molar-refractivity contribution in [2.24, 2.45) is 0 Å². The van der Waals surface area contributed by atoms with E-state index >= 15 is 0 Å². The predicted molar refractivity (Wildman–Crippen MR) is 52.7 cm³/mol. The van der Waals surface area contributed by atoms with E-state index in [0.29, 0.717) is 6.07 Å². The first-order valence-corrected chi connectivity index (χ1v) is 4.63. The van der Waals surface area contributed by atoms with Crippen LogP contribution in [0.3, 0.4) is 0 Å². The second-order valence-corrected chi connectivity index (χ2v) is 2.98. The lowest BCUT2D eigenvalue weighted by Gasteiger charge is -2.05. The summed E-state index contributed by atoms with van der Waals surface area (Å²) >= 11 is 0. The number of ether oxygens (including phenoxy) is 1. The molecule has 0 saturated heterocycles. The average Bonchev–Trinajstić information content (AvgIpc) is 2.28. The van der Waals surface area contributed by atoms with Crippen LogP contribution in [0, 0.1) is 11.3 Å². The van der Waals surface area contributed by atoms with Crippen LogP contribution in [0.2, 0.25) is 0 Å². The summed E-state index contributed by atoms with van der Waals surface area (Å²) in [5.74, 6) is -0.929. The molecule has 0 fully saturated rings. The summed E-state index contributed by atoms with van der Waals surface area (Å²) < 4.78 is 29.3. The van der Waals surface area contributed by atoms with Gasteiger partial charge < -0.3 is 9.72 Å². The molecular formula is C10H8F2N2O3. The number of esters is 1. The van der Waals surface area contributed by atoms with Gasteiger partial charge in [0.25, 0.3) is 12.0 Å². The number of hydrogen-bond acceptors (Lipinski definition) is 4. The number of nitriles is 1. The smallest absolute Gasteiger partial charge is 0.356 e. The minimum absolute atomic E-state index is 0.0440. The molecule has 1 heterocycles. The van der Waals surface area contributed by atoms with E-state index in [4.69, 9.17) is 5.26 Å². The van der Waals surface area contributed by atoms with Crippen LogP contribution in [0.25, 0.3) is 0 Å². The molecule has 0 saturated carbocycles. The molecule has 0 radical (unpaired) electrons. The van der Waals surface area contributed by atoms with E-state index in [1.807, 2.05) is 4.98 Å². The molecule has 1 aromatic rings. The fourth-order valence-electron chi connectivity index (χ4n) is 1.16. The third kappa shape index (κ3) is 2.66. The van der Waals surface area contributed by atoms with E-state index in [2.05, 4.69) is 4.74 Å². The molecule has 0 unspecified atom stereocenters. The lowest BCUT2D eigenvalue weighted by Crippen LogP contribution is -2.20. The number of pyridine rings is 1. The van der Waals surface area contributed by atoms with Gasteiger partial charge in [-0.1, -0.05) is 0 Å². The SMILES string of the molecule is CCOC(=O)c1[nH]c(=O)c(C(F)F)cc1C#N. The van der Waals surface area contributed by atoms with Crippen LogP contribution in [0.15, 0.2) is 10.9 Å². The van der Waals surface area contributed by atoms with Gasteiger partial charge in [0.05, 0.1) is 17.7 Å². The second kappa shape index (κ2) is 5.21. The Morgan fingerprint density at radius 3 is 2.76 bits per heavy atom. The summed E-state index contributed by atoms with van der Waals surface area (Å²) in [6, 6.07) is 2.24. The number of carbonyl (C=O) groups excluding carboxylic acids is 1. The molecule has 1 rings (SSSR count). The first-order chi connectivity index (χ1) is 8.01. The van der Waals surface area contributed by atoms with Crippen molar-refractivity contribution in [3.63, 3.8) is 0 Å². The Morgan fingerprint density at radius 2 is 2.29 bits per heavy atom. The average molecular weight is 242 g/mol. The minimum atomic E-state index is -3.01. The number of nitrogens with zero attached hydrogens (tertiary/aromatic N) is 1. The molecule has 0 spiro atoms. The molecule has 0 bridgehead atoms. The van der Waals surface area contributed by atoms with Crippen LogP contribution in [0.5, 0.6) is 0 Å². The molecule has 1 aromatic heterocycles. The standard InChI is InChI=1S/C10H8F2N2O3/c1-2-17-10(16)7-5(4-13)3-6(8(11)12)9(15)14-7/h3,8H,2H2,1H3,(H,14,15). The monoisotopic (exact) mass is 242 g/mol. The molecule has 7 heteroatoms. The van der Waals surface area contributed by atoms with Crippen LogP contribution in [-0.4, -0.2) is 17.6 Å². The maximum Gasteiger partial charge on any atom is 0.356 e. The lowest BCUT2D eigenvalue weighted by molar-refractivity contribution is 0.0518. The Morgan fingerprint density at radius 1 is 1.65 bits per heavy atom. The number of carbonyl (C=O) groups is 1. The number of hydrogen-bond donors (Lipinski definition) is 1. The van der Waals surface area contributed by atoms with Gasteiger partial charge in [-0.2, -0.15) is 5.26 Å². The molecule has 90 valence electrons. The van der Waals surface area contributed by atoms with Crippen molar-refractivity contribution in [3.8, 4) is 6.07 Å². The summed E-state index contributed by atoms with van der Waals surface area (Å²) in [7, 11) is 0. The van der Waals surface area contributed by atoms with Gasteiger partial charge in [-0.3, -0.25) is 4.79 Å². The fraction of sp³-hybridized carbons (Fsp3) is 0.300. The first-order valence-electron chi connectivity index (χ1n) is 4.63. The maximum atomic E-state index is 12.4. The molecule has 0 amide bonds. The number of rotatable bonds is 3. The molecule has 0 aromatic carbocycles. The maximum absolute atomic E-state index is 12.4. The molecule has 17 heavy (non-hydrogen) atoms. The Labute approximate surface area is 94.6 Å². The summed E-state index contributed by atoms with van der Waals surface area (Å²) in [5.41, 5.74) is -2.72. The number of H-pyrrole nitrogens is 1. The highest BCUT2D eigenvalue weighted by molar-refractivity contribution is 5.90. The zero-order valence-electron chi connectivity index (χ0n) is 8.79. The van der Waals surface area contributed by atoms with E-state index in [-0.39, 0.29) is 12.2 Å². The van der Waals surface area contributed by atoms with Crippen LogP contribution in [0.4, 0.5) is 8.78 Å². The van der Waals surface area contributed by atoms with Gasteiger partial charge in [-0.25, -0.2) is 13.6 Å². The van der Waals surface area contributed by atoms with Crippen molar-refractivity contribution in [1.82, 2.24) is 4.98 Å². The van der Waals surface area contributed by atoms with Crippen molar-refractivity contribution in [2.45, 2.75) is 13.3 Å². The molecular weight excluding hydrogens is 234 g/mol. The van der Waals surface area contributed by atoms with Gasteiger partial charge in [0, 0.05) is 0 Å². The molecule has 0 aliphatic rings. The number of nitrogens with one attached hydrogen (secondary N) is 1. The highest BCUT2D eigenvalue weighted by atomic mass is 19.3. The second-order valence-electron chi connectivity index (χ2n) is 2.98. The van der Waals surface area contributed by atoms with Crippen molar-refractivity contribution in [1.29, 1.82) is 5.26 Å². The normalized spacial score (nSPS) is 10.1. The quantitative estimate of drug-likeness (QED) is 0.811. The van der Waals surface area contributed by atoms with E-state index in [9.17, 15) is 18.4 Å². The molecule has 5 nitrogen and oxygen atoms in total. The van der Waals surface area contributed by atoms with Crippen LogP contribution < -0.4 is 5.56 Å². The van der Waals surface area contributed by atoms with E-state index in [0.717, 1.165) is 0 Å². The third-order valence-corrected chi connectivity index (χ3v) is 1.91. The van der Waals surface area contributed by atoms with Gasteiger partial charge in [0.2, 0.25) is 0 Å². The van der Waals surface area contributed by atoms with Crippen LogP contribution in [0.1, 0.15) is 35.0 Å². The van der Waals surface area contributed by atoms with Gasteiger partial charge in [-0.05, 0) is 13.0 Å². The predicted octanol–water partition coefficient (Wildman–Crippen LogP) is 1.36. The largest absolute Gasteiger partial charge is 0.461 e. The molecule has 0 aliphatic heterocycles. The number of alkyl halides is 2. The number of aromatic amines is 1. The Bertz CT molecular complexity index is 531. The molecule has 0 aliphatic carbocycles. The molecule has 1 N–H and O–H groups in total. The van der Waals surface area contributed by atoms with E-state index in [1.165, 1.54) is 6.92 Å². The zero-order chi connectivity index (χ0) is 13.0. The zero-order valence-corrected chi connectivity index (χ0v) is 8.79. The van der Waals surface area contributed by atoms with E-state index in [1.54, 1.807) is 6.07 Å². The number of halogens is 2. The lowest BCUT2D eigenvalue weighted by atomic mass is 10.1. The highest BCUT2D eigenvalue weighted by Crippen LogP contribution is 2.16. The van der Waals surface area contributed by atoms with Gasteiger partial charge in [-0.15, -0.1) is 0 Å². The van der Waals surface area contributed by atoms with Crippen molar-refractivity contribution < 1.29 is 18.3 Å². The van der Waals surface area contributed by atoms with Crippen molar-refractivity contribution in [3.05, 3.63) is 33.2 Å². The van der Waals surface area contributed by atoms with Crippen LogP contribution in [-0.2, 0) is 4.74 Å². The van der Waals surface area contributed by atoms with Gasteiger partial charge >= 0.3 is 5.97 Å². The first kappa shape index (κ1) is 12.8. The number of aromatic nitrogens is 1. The summed E-state index contributed by atoms with van der Waals surface area (Å²) in [4.78, 5) is 24.5. The summed E-state index contributed by atoms with van der Waals surface area (Å²) in [6.45, 7) is 1.58. The van der Waals surface area contributed by atoms with E-state index < -0.39 is 29.2 Å². The van der Waals surface area contributed by atoms with Crippen molar-refractivity contribution >= 4 is 5.97 Å². The topological polar surface area (TPSA) is 83.0 Å². The summed E-state index contributed by atoms with van der Waals surface area (Å²) in [5, 5.41) is 8.71. The Balaban J connectivity index is 3.35.